The molecular formula is C16H21N3O2. The van der Waals surface area contributed by atoms with Crippen LogP contribution in [0.4, 0.5) is 0 Å². The number of amides is 2. The second-order valence-corrected chi connectivity index (χ2v) is 5.89. The van der Waals surface area contributed by atoms with Gasteiger partial charge in [0.05, 0.1) is 11.1 Å². The van der Waals surface area contributed by atoms with E-state index in [1.807, 2.05) is 0 Å². The molecule has 2 aliphatic rings. The number of benzene rings is 1. The first-order valence-corrected chi connectivity index (χ1v) is 7.54. The maximum Gasteiger partial charge on any atom is 0.261 e. The molecule has 2 unspecified atom stereocenters. The van der Waals surface area contributed by atoms with Crippen molar-refractivity contribution in [3.63, 3.8) is 0 Å². The molecule has 5 nitrogen and oxygen atoms in total. The van der Waals surface area contributed by atoms with Gasteiger partial charge in [0, 0.05) is 25.2 Å². The molecule has 2 atom stereocenters. The van der Waals surface area contributed by atoms with E-state index in [0.717, 1.165) is 19.4 Å². The molecule has 0 bridgehead atoms. The average Bonchev–Trinajstić information content (AvgIpc) is 2.73. The summed E-state index contributed by atoms with van der Waals surface area (Å²) < 4.78 is 0. The molecule has 1 aromatic carbocycles. The van der Waals surface area contributed by atoms with Crippen molar-refractivity contribution in [3.8, 4) is 0 Å². The number of piperidine rings is 1. The first-order valence-electron chi connectivity index (χ1n) is 7.54. The highest BCUT2D eigenvalue weighted by Crippen LogP contribution is 2.23. The Labute approximate surface area is 124 Å². The molecule has 112 valence electrons. The fourth-order valence-electron chi connectivity index (χ4n) is 3.23. The minimum absolute atomic E-state index is 0.176. The van der Waals surface area contributed by atoms with Crippen LogP contribution >= 0.6 is 0 Å². The van der Waals surface area contributed by atoms with Gasteiger partial charge in [-0.2, -0.15) is 0 Å². The zero-order valence-corrected chi connectivity index (χ0v) is 12.3. The molecule has 21 heavy (non-hydrogen) atoms. The zero-order chi connectivity index (χ0) is 15.0. The SMILES string of the molecule is CC1C(N)CCCN1CCN1C(=O)c2ccccc2C1=O. The van der Waals surface area contributed by atoms with Crippen molar-refractivity contribution in [3.05, 3.63) is 35.4 Å². The van der Waals surface area contributed by atoms with E-state index in [1.54, 1.807) is 24.3 Å². The van der Waals surface area contributed by atoms with E-state index < -0.39 is 0 Å². The van der Waals surface area contributed by atoms with Crippen LogP contribution in [0.3, 0.4) is 0 Å². The van der Waals surface area contributed by atoms with Crippen LogP contribution in [0.15, 0.2) is 24.3 Å². The fraction of sp³-hybridized carbons (Fsp3) is 0.500. The van der Waals surface area contributed by atoms with Gasteiger partial charge in [0.25, 0.3) is 11.8 Å². The van der Waals surface area contributed by atoms with Crippen molar-refractivity contribution in [2.45, 2.75) is 31.8 Å². The Bertz CT molecular complexity index is 537. The zero-order valence-electron chi connectivity index (χ0n) is 12.3. The topological polar surface area (TPSA) is 66.6 Å². The molecule has 2 amide bonds. The summed E-state index contributed by atoms with van der Waals surface area (Å²) in [5.41, 5.74) is 7.13. The Morgan fingerprint density at radius 2 is 1.76 bits per heavy atom. The molecule has 3 rings (SSSR count). The van der Waals surface area contributed by atoms with Gasteiger partial charge in [-0.05, 0) is 38.4 Å². The normalized spacial score (nSPS) is 26.3. The smallest absolute Gasteiger partial charge is 0.261 e. The summed E-state index contributed by atoms with van der Waals surface area (Å²) in [5.74, 6) is -0.353. The summed E-state index contributed by atoms with van der Waals surface area (Å²) in [6, 6.07) is 7.50. The molecule has 1 fully saturated rings. The number of nitrogens with zero attached hydrogens (tertiary/aromatic N) is 2. The predicted octanol–water partition coefficient (Wildman–Crippen LogP) is 1.09. The Morgan fingerprint density at radius 1 is 1.14 bits per heavy atom. The second kappa shape index (κ2) is 5.58. The van der Waals surface area contributed by atoms with Crippen molar-refractivity contribution in [1.82, 2.24) is 9.80 Å². The Hall–Kier alpha value is -1.72. The number of rotatable bonds is 3. The van der Waals surface area contributed by atoms with Gasteiger partial charge in [-0.25, -0.2) is 0 Å². The molecule has 5 heteroatoms. The molecule has 0 spiro atoms. The number of carbonyl (C=O) groups excluding carboxylic acids is 2. The van der Waals surface area contributed by atoms with E-state index in [4.69, 9.17) is 5.73 Å². The summed E-state index contributed by atoms with van der Waals surface area (Å²) in [7, 11) is 0. The van der Waals surface area contributed by atoms with Crippen LogP contribution < -0.4 is 5.73 Å². The number of hydrogen-bond acceptors (Lipinski definition) is 4. The third kappa shape index (κ3) is 2.47. The van der Waals surface area contributed by atoms with Gasteiger partial charge in [-0.1, -0.05) is 12.1 Å². The monoisotopic (exact) mass is 287 g/mol. The van der Waals surface area contributed by atoms with Crippen LogP contribution in [0.1, 0.15) is 40.5 Å². The highest BCUT2D eigenvalue weighted by Gasteiger charge is 2.35. The summed E-state index contributed by atoms with van der Waals surface area (Å²) in [4.78, 5) is 28.2. The number of nitrogens with two attached hydrogens (primary N) is 1. The Kier molecular flexibility index (Phi) is 3.78. The van der Waals surface area contributed by atoms with Gasteiger partial charge in [0.15, 0.2) is 0 Å². The third-order valence-electron chi connectivity index (χ3n) is 4.67. The van der Waals surface area contributed by atoms with E-state index in [0.29, 0.717) is 30.3 Å². The lowest BCUT2D eigenvalue weighted by Gasteiger charge is -2.38. The second-order valence-electron chi connectivity index (χ2n) is 5.89. The van der Waals surface area contributed by atoms with Crippen molar-refractivity contribution in [1.29, 1.82) is 0 Å². The fourth-order valence-corrected chi connectivity index (χ4v) is 3.23. The summed E-state index contributed by atoms with van der Waals surface area (Å²) >= 11 is 0. The number of imide groups is 1. The van der Waals surface area contributed by atoms with E-state index in [2.05, 4.69) is 11.8 Å². The van der Waals surface area contributed by atoms with E-state index >= 15 is 0 Å². The first kappa shape index (κ1) is 14.2. The van der Waals surface area contributed by atoms with Gasteiger partial charge in [0.1, 0.15) is 0 Å². The number of carbonyl (C=O) groups is 2. The molecule has 2 aliphatic heterocycles. The van der Waals surface area contributed by atoms with Crippen LogP contribution in [0, 0.1) is 0 Å². The summed E-state index contributed by atoms with van der Waals surface area (Å²) in [5, 5.41) is 0. The van der Waals surface area contributed by atoms with Crippen LogP contribution in [0.5, 0.6) is 0 Å². The standard InChI is InChI=1S/C16H21N3O2/c1-11-14(17)7-4-8-18(11)9-10-19-15(20)12-5-2-3-6-13(12)16(19)21/h2-3,5-6,11,14H,4,7-10,17H2,1H3. The van der Waals surface area contributed by atoms with Crippen molar-refractivity contribution in [2.24, 2.45) is 5.73 Å². The quantitative estimate of drug-likeness (QED) is 0.845. The maximum atomic E-state index is 12.3. The molecule has 2 N–H and O–H groups in total. The molecule has 1 saturated heterocycles. The summed E-state index contributed by atoms with van der Waals surface area (Å²) in [6.45, 7) is 4.23. The molecule has 2 heterocycles. The highest BCUT2D eigenvalue weighted by molar-refractivity contribution is 6.21. The highest BCUT2D eigenvalue weighted by atomic mass is 16.2. The number of likely N-dealkylation sites (tertiary alicyclic amines) is 1. The van der Waals surface area contributed by atoms with Gasteiger partial charge >= 0.3 is 0 Å². The van der Waals surface area contributed by atoms with Gasteiger partial charge in [-0.15, -0.1) is 0 Å². The molecule has 0 radical (unpaired) electrons. The first-order chi connectivity index (χ1) is 10.1. The van der Waals surface area contributed by atoms with Crippen molar-refractivity contribution >= 4 is 11.8 Å². The Balaban J connectivity index is 1.67. The van der Waals surface area contributed by atoms with Gasteiger partial charge in [0.2, 0.25) is 0 Å². The maximum absolute atomic E-state index is 12.3. The van der Waals surface area contributed by atoms with Crippen LogP contribution in [0.2, 0.25) is 0 Å². The van der Waals surface area contributed by atoms with Crippen molar-refractivity contribution < 1.29 is 9.59 Å². The molecule has 0 saturated carbocycles. The van der Waals surface area contributed by atoms with Gasteiger partial charge in [-0.3, -0.25) is 19.4 Å². The van der Waals surface area contributed by atoms with Crippen LogP contribution in [0.25, 0.3) is 0 Å². The lowest BCUT2D eigenvalue weighted by molar-refractivity contribution is 0.0606. The third-order valence-corrected chi connectivity index (χ3v) is 4.67. The van der Waals surface area contributed by atoms with Crippen LogP contribution in [-0.2, 0) is 0 Å². The van der Waals surface area contributed by atoms with Gasteiger partial charge < -0.3 is 5.73 Å². The van der Waals surface area contributed by atoms with Crippen LogP contribution in [-0.4, -0.2) is 53.3 Å². The number of fused-ring (bicyclic) bond motifs is 1. The van der Waals surface area contributed by atoms with E-state index in [9.17, 15) is 9.59 Å². The lowest BCUT2D eigenvalue weighted by atomic mass is 9.98. The van der Waals surface area contributed by atoms with E-state index in [1.165, 1.54) is 4.90 Å². The van der Waals surface area contributed by atoms with E-state index in [-0.39, 0.29) is 17.9 Å². The molecule has 1 aromatic rings. The molecular weight excluding hydrogens is 266 g/mol. The number of hydrogen-bond donors (Lipinski definition) is 1. The molecule has 0 aliphatic carbocycles. The summed E-state index contributed by atoms with van der Waals surface area (Å²) in [6.07, 6.45) is 2.12. The minimum atomic E-state index is -0.176. The Morgan fingerprint density at radius 3 is 2.38 bits per heavy atom. The lowest BCUT2D eigenvalue weighted by Crippen LogP contribution is -2.52. The largest absolute Gasteiger partial charge is 0.326 e. The minimum Gasteiger partial charge on any atom is -0.326 e. The van der Waals surface area contributed by atoms with Crippen molar-refractivity contribution in [2.75, 3.05) is 19.6 Å². The molecule has 0 aromatic heterocycles. The predicted molar refractivity (Wildman–Crippen MR) is 80.1 cm³/mol. The average molecular weight is 287 g/mol.